The molecule has 0 aliphatic rings. The van der Waals surface area contributed by atoms with Crippen molar-refractivity contribution in [2.75, 3.05) is 26.8 Å². The summed E-state index contributed by atoms with van der Waals surface area (Å²) in [5.41, 5.74) is 9.71. The van der Waals surface area contributed by atoms with Crippen LogP contribution >= 0.6 is 7.14 Å². The monoisotopic (exact) mass is 430 g/mol. The summed E-state index contributed by atoms with van der Waals surface area (Å²) in [6.45, 7) is 7.88. The number of imidazole rings is 1. The minimum atomic E-state index is -2.18. The Morgan fingerprint density at radius 1 is 1.10 bits per heavy atom. The smallest absolute Gasteiger partial charge is 0.271 e. The molecule has 30 heavy (non-hydrogen) atoms. The predicted molar refractivity (Wildman–Crippen MR) is 122 cm³/mol. The molecule has 0 spiro atoms. The van der Waals surface area contributed by atoms with Crippen LogP contribution in [0, 0.1) is 0 Å². The summed E-state index contributed by atoms with van der Waals surface area (Å²) >= 11 is 0. The van der Waals surface area contributed by atoms with Gasteiger partial charge < -0.3 is 19.8 Å². The van der Waals surface area contributed by atoms with Crippen molar-refractivity contribution >= 4 is 18.2 Å². The fourth-order valence-corrected chi connectivity index (χ4v) is 4.20. The first-order chi connectivity index (χ1) is 14.4. The number of nitrogens with two attached hydrogens (primary N) is 1. The number of nitrogens with zero attached hydrogens (tertiary/aromatic N) is 2. The van der Waals surface area contributed by atoms with Crippen LogP contribution in [0.1, 0.15) is 24.7 Å². The molecular formula is C23H33N3O3P+. The highest BCUT2D eigenvalue weighted by Gasteiger charge is 2.23. The Balaban J connectivity index is 1.72. The summed E-state index contributed by atoms with van der Waals surface area (Å²) in [6.07, 6.45) is 2.23. The number of benzene rings is 2. The molecule has 0 saturated carbocycles. The molecule has 1 heterocycles. The van der Waals surface area contributed by atoms with Gasteiger partial charge in [0.05, 0.1) is 26.7 Å². The minimum Gasteiger partial charge on any atom is -0.497 e. The lowest BCUT2D eigenvalue weighted by atomic mass is 10.1. The topological polar surface area (TPSA) is 70.4 Å². The van der Waals surface area contributed by atoms with E-state index in [-0.39, 0.29) is 6.35 Å². The van der Waals surface area contributed by atoms with E-state index >= 15 is 0 Å². The van der Waals surface area contributed by atoms with Crippen molar-refractivity contribution < 1.29 is 18.6 Å². The molecule has 0 atom stereocenters. The van der Waals surface area contributed by atoms with E-state index in [1.807, 2.05) is 18.2 Å². The molecule has 0 radical (unpaired) electrons. The van der Waals surface area contributed by atoms with E-state index in [1.54, 1.807) is 20.4 Å². The number of ether oxygens (including phenoxy) is 2. The van der Waals surface area contributed by atoms with Gasteiger partial charge in [0, 0.05) is 6.07 Å². The quantitative estimate of drug-likeness (QED) is 0.390. The third-order valence-corrected chi connectivity index (χ3v) is 5.95. The van der Waals surface area contributed by atoms with Crippen molar-refractivity contribution in [3.05, 3.63) is 53.9 Å². The summed E-state index contributed by atoms with van der Waals surface area (Å²) in [5, 5.41) is 0. The summed E-state index contributed by atoms with van der Waals surface area (Å²) in [4.78, 5) is 0. The SMILES string of the molecule is CC[n+]1c(CN)n(CCCc2ccc(OCP(C)(C)=O)cc2)c2cc(OC)ccc21. The maximum atomic E-state index is 11.8. The molecule has 2 N–H and O–H groups in total. The van der Waals surface area contributed by atoms with E-state index in [0.717, 1.165) is 48.8 Å². The van der Waals surface area contributed by atoms with Gasteiger partial charge in [-0.1, -0.05) is 12.1 Å². The van der Waals surface area contributed by atoms with Crippen LogP contribution in [-0.4, -0.2) is 31.4 Å². The molecule has 2 aromatic carbocycles. The first-order valence-electron chi connectivity index (χ1n) is 10.4. The lowest BCUT2D eigenvalue weighted by Gasteiger charge is -2.10. The average molecular weight is 431 g/mol. The molecule has 3 rings (SSSR count). The highest BCUT2D eigenvalue weighted by atomic mass is 31.2. The molecule has 7 heteroatoms. The van der Waals surface area contributed by atoms with Gasteiger partial charge in [-0.05, 0) is 62.9 Å². The van der Waals surface area contributed by atoms with Crippen molar-refractivity contribution in [3.8, 4) is 11.5 Å². The van der Waals surface area contributed by atoms with E-state index in [4.69, 9.17) is 15.2 Å². The highest BCUT2D eigenvalue weighted by molar-refractivity contribution is 7.62. The molecule has 0 amide bonds. The Hall–Kier alpha value is -2.30. The van der Waals surface area contributed by atoms with E-state index in [1.165, 1.54) is 11.1 Å². The largest absolute Gasteiger partial charge is 0.497 e. The first-order valence-corrected chi connectivity index (χ1v) is 13.2. The molecule has 6 nitrogen and oxygen atoms in total. The summed E-state index contributed by atoms with van der Waals surface area (Å²) in [5.74, 6) is 2.75. The molecule has 0 aliphatic heterocycles. The van der Waals surface area contributed by atoms with Gasteiger partial charge in [0.15, 0.2) is 11.0 Å². The van der Waals surface area contributed by atoms with Gasteiger partial charge in [-0.15, -0.1) is 0 Å². The molecule has 0 saturated heterocycles. The highest BCUT2D eigenvalue weighted by Crippen LogP contribution is 2.35. The van der Waals surface area contributed by atoms with Gasteiger partial charge in [-0.2, -0.15) is 0 Å². The molecule has 162 valence electrons. The Morgan fingerprint density at radius 2 is 1.80 bits per heavy atom. The number of aromatic nitrogens is 2. The number of hydrogen-bond acceptors (Lipinski definition) is 4. The van der Waals surface area contributed by atoms with E-state index in [2.05, 4.69) is 40.3 Å². The Morgan fingerprint density at radius 3 is 2.40 bits per heavy atom. The van der Waals surface area contributed by atoms with Gasteiger partial charge in [0.1, 0.15) is 25.0 Å². The van der Waals surface area contributed by atoms with Crippen LogP contribution in [-0.2, 0) is 30.6 Å². The minimum absolute atomic E-state index is 0.274. The molecule has 1 aromatic heterocycles. The summed E-state index contributed by atoms with van der Waals surface area (Å²) < 4.78 is 27.4. The zero-order chi connectivity index (χ0) is 21.7. The molecule has 3 aromatic rings. The molecule has 0 unspecified atom stereocenters. The second-order valence-corrected chi connectivity index (χ2v) is 11.4. The number of fused-ring (bicyclic) bond motifs is 1. The van der Waals surface area contributed by atoms with Gasteiger partial charge >= 0.3 is 0 Å². The Labute approximate surface area is 179 Å². The second-order valence-electron chi connectivity index (χ2n) is 7.97. The maximum absolute atomic E-state index is 11.8. The Kier molecular flexibility index (Phi) is 7.22. The Bertz CT molecular complexity index is 1040. The molecular weight excluding hydrogens is 397 g/mol. The fourth-order valence-electron chi connectivity index (χ4n) is 3.74. The van der Waals surface area contributed by atoms with Gasteiger partial charge in [0.2, 0.25) is 0 Å². The van der Waals surface area contributed by atoms with E-state index < -0.39 is 7.14 Å². The molecule has 0 bridgehead atoms. The third kappa shape index (κ3) is 5.24. The van der Waals surface area contributed by atoms with Crippen molar-refractivity contribution in [2.24, 2.45) is 5.73 Å². The summed E-state index contributed by atoms with van der Waals surface area (Å²) in [7, 11) is -0.482. The van der Waals surface area contributed by atoms with Crippen LogP contribution in [0.25, 0.3) is 11.0 Å². The number of hydrogen-bond donors (Lipinski definition) is 1. The fraction of sp³-hybridized carbons (Fsp3) is 0.435. The van der Waals surface area contributed by atoms with Crippen molar-refractivity contribution in [3.63, 3.8) is 0 Å². The van der Waals surface area contributed by atoms with Crippen molar-refractivity contribution in [2.45, 2.75) is 39.4 Å². The molecule has 0 fully saturated rings. The first kappa shape index (κ1) is 22.4. The molecule has 0 aliphatic carbocycles. The second kappa shape index (κ2) is 9.67. The van der Waals surface area contributed by atoms with Gasteiger partial charge in [-0.3, -0.25) is 0 Å². The zero-order valence-corrected chi connectivity index (χ0v) is 19.3. The normalized spacial score (nSPS) is 11.8. The van der Waals surface area contributed by atoms with E-state index in [0.29, 0.717) is 6.54 Å². The number of rotatable bonds is 10. The zero-order valence-electron chi connectivity index (χ0n) is 18.4. The lowest BCUT2D eigenvalue weighted by Crippen LogP contribution is -2.38. The van der Waals surface area contributed by atoms with Crippen molar-refractivity contribution in [1.82, 2.24) is 4.57 Å². The van der Waals surface area contributed by atoms with E-state index in [9.17, 15) is 4.57 Å². The van der Waals surface area contributed by atoms with Crippen LogP contribution in [0.4, 0.5) is 0 Å². The standard InChI is InChI=1S/C23H33N3O3P/c1-5-25-21-13-12-20(28-2)15-22(21)26(23(25)16-24)14-6-7-18-8-10-19(11-9-18)29-17-30(3,4)27/h8-13,15H,5-7,14,16-17,24H2,1-4H3/q+1. The summed E-state index contributed by atoms with van der Waals surface area (Å²) in [6, 6.07) is 14.3. The van der Waals surface area contributed by atoms with Crippen LogP contribution in [0.2, 0.25) is 0 Å². The lowest BCUT2D eigenvalue weighted by molar-refractivity contribution is -0.676. The average Bonchev–Trinajstić information content (AvgIpc) is 3.04. The maximum Gasteiger partial charge on any atom is 0.271 e. The van der Waals surface area contributed by atoms with Crippen LogP contribution < -0.4 is 19.8 Å². The van der Waals surface area contributed by atoms with Crippen LogP contribution in [0.5, 0.6) is 11.5 Å². The van der Waals surface area contributed by atoms with Gasteiger partial charge in [0.25, 0.3) is 5.82 Å². The van der Waals surface area contributed by atoms with Crippen molar-refractivity contribution in [1.29, 1.82) is 0 Å². The number of aryl methyl sites for hydroxylation is 3. The van der Waals surface area contributed by atoms with Gasteiger partial charge in [-0.25, -0.2) is 9.13 Å². The predicted octanol–water partition coefficient (Wildman–Crippen LogP) is 4.01. The van der Waals surface area contributed by atoms with Crippen LogP contribution in [0.15, 0.2) is 42.5 Å². The third-order valence-electron chi connectivity index (χ3n) is 5.20. The number of methoxy groups -OCH3 is 1. The van der Waals surface area contributed by atoms with Crippen LogP contribution in [0.3, 0.4) is 0 Å².